The molecule has 1 aromatic carbocycles. The van der Waals surface area contributed by atoms with Gasteiger partial charge in [0.05, 0.1) is 23.2 Å². The molecule has 0 spiro atoms. The first kappa shape index (κ1) is 15.2. The van der Waals surface area contributed by atoms with E-state index in [0.717, 1.165) is 0 Å². The molecule has 0 amide bonds. The maximum Gasteiger partial charge on any atom is 0.275 e. The van der Waals surface area contributed by atoms with Crippen molar-refractivity contribution < 1.29 is 14.4 Å². The molecule has 0 radical (unpaired) electrons. The second kappa shape index (κ2) is 6.38. The third-order valence-electron chi connectivity index (χ3n) is 2.68. The lowest BCUT2D eigenvalue weighted by Gasteiger charge is -2.23. The number of nitro benzene ring substituents is 1. The fraction of sp³-hybridized carbons (Fsp3) is 0.538. The van der Waals surface area contributed by atoms with Gasteiger partial charge in [0.15, 0.2) is 0 Å². The molecular formula is C13H20N2O4. The number of nitrogens with zero attached hydrogens (tertiary/aromatic N) is 1. The summed E-state index contributed by atoms with van der Waals surface area (Å²) in [5.41, 5.74) is 0.294. The van der Waals surface area contributed by atoms with Crippen molar-refractivity contribution in [2.24, 2.45) is 0 Å². The lowest BCUT2D eigenvalue weighted by molar-refractivity contribution is -0.384. The first-order valence-corrected chi connectivity index (χ1v) is 6.09. The SMILES string of the molecule is CCOc1cc(NCC(C)(C)OC)cc([N+](=O)[O-])c1. The highest BCUT2D eigenvalue weighted by molar-refractivity contribution is 5.56. The van der Waals surface area contributed by atoms with Crippen molar-refractivity contribution in [2.75, 3.05) is 25.6 Å². The number of benzene rings is 1. The van der Waals surface area contributed by atoms with E-state index < -0.39 is 4.92 Å². The highest BCUT2D eigenvalue weighted by Gasteiger charge is 2.17. The first-order chi connectivity index (χ1) is 8.88. The van der Waals surface area contributed by atoms with Gasteiger partial charge in [-0.2, -0.15) is 0 Å². The Balaban J connectivity index is 2.90. The normalized spacial score (nSPS) is 11.2. The Hall–Kier alpha value is -1.82. The maximum atomic E-state index is 10.9. The summed E-state index contributed by atoms with van der Waals surface area (Å²) in [4.78, 5) is 10.4. The molecule has 0 aromatic heterocycles. The number of hydrogen-bond donors (Lipinski definition) is 1. The van der Waals surface area contributed by atoms with E-state index in [9.17, 15) is 10.1 Å². The second-order valence-corrected chi connectivity index (χ2v) is 4.72. The fourth-order valence-corrected chi connectivity index (χ4v) is 1.43. The quantitative estimate of drug-likeness (QED) is 0.608. The van der Waals surface area contributed by atoms with Crippen molar-refractivity contribution in [1.29, 1.82) is 0 Å². The summed E-state index contributed by atoms with van der Waals surface area (Å²) < 4.78 is 10.6. The van der Waals surface area contributed by atoms with Crippen LogP contribution >= 0.6 is 0 Å². The predicted molar refractivity (Wildman–Crippen MR) is 73.8 cm³/mol. The van der Waals surface area contributed by atoms with Crippen LogP contribution in [0.1, 0.15) is 20.8 Å². The van der Waals surface area contributed by atoms with Crippen LogP contribution in [0.25, 0.3) is 0 Å². The molecule has 0 aliphatic heterocycles. The highest BCUT2D eigenvalue weighted by Crippen LogP contribution is 2.26. The number of nitrogens with one attached hydrogen (secondary N) is 1. The van der Waals surface area contributed by atoms with Gasteiger partial charge in [-0.15, -0.1) is 0 Å². The molecule has 0 unspecified atom stereocenters. The minimum atomic E-state index is -0.435. The number of non-ortho nitro benzene ring substituents is 1. The average Bonchev–Trinajstić information content (AvgIpc) is 2.37. The number of anilines is 1. The molecule has 0 saturated carbocycles. The third kappa shape index (κ3) is 4.75. The van der Waals surface area contributed by atoms with Crippen molar-refractivity contribution in [1.82, 2.24) is 0 Å². The van der Waals surface area contributed by atoms with Crippen molar-refractivity contribution in [3.05, 3.63) is 28.3 Å². The zero-order valence-corrected chi connectivity index (χ0v) is 11.7. The summed E-state index contributed by atoms with van der Waals surface area (Å²) in [6.45, 7) is 6.70. The fourth-order valence-electron chi connectivity index (χ4n) is 1.43. The van der Waals surface area contributed by atoms with E-state index >= 15 is 0 Å². The van der Waals surface area contributed by atoms with Crippen LogP contribution in [0.15, 0.2) is 18.2 Å². The zero-order chi connectivity index (χ0) is 14.5. The van der Waals surface area contributed by atoms with E-state index in [1.165, 1.54) is 12.1 Å². The zero-order valence-electron chi connectivity index (χ0n) is 11.7. The molecule has 1 rings (SSSR count). The van der Waals surface area contributed by atoms with Crippen LogP contribution in [0.2, 0.25) is 0 Å². The molecular weight excluding hydrogens is 248 g/mol. The van der Waals surface area contributed by atoms with Crippen molar-refractivity contribution >= 4 is 11.4 Å². The summed E-state index contributed by atoms with van der Waals surface area (Å²) in [6.07, 6.45) is 0. The van der Waals surface area contributed by atoms with E-state index in [1.54, 1.807) is 13.2 Å². The van der Waals surface area contributed by atoms with Crippen LogP contribution in [0.4, 0.5) is 11.4 Å². The highest BCUT2D eigenvalue weighted by atomic mass is 16.6. The number of methoxy groups -OCH3 is 1. The lowest BCUT2D eigenvalue weighted by atomic mass is 10.1. The lowest BCUT2D eigenvalue weighted by Crippen LogP contribution is -2.32. The topological polar surface area (TPSA) is 73.6 Å². The molecule has 1 aromatic rings. The van der Waals surface area contributed by atoms with Crippen LogP contribution < -0.4 is 10.1 Å². The molecule has 0 aliphatic carbocycles. The number of ether oxygens (including phenoxy) is 2. The van der Waals surface area contributed by atoms with Gasteiger partial charge in [0.2, 0.25) is 0 Å². The Bertz CT molecular complexity index is 446. The number of rotatable bonds is 7. The Morgan fingerprint density at radius 3 is 2.58 bits per heavy atom. The Labute approximate surface area is 112 Å². The van der Waals surface area contributed by atoms with E-state index in [1.807, 2.05) is 20.8 Å². The molecule has 0 bridgehead atoms. The molecule has 6 nitrogen and oxygen atoms in total. The average molecular weight is 268 g/mol. The first-order valence-electron chi connectivity index (χ1n) is 6.09. The largest absolute Gasteiger partial charge is 0.494 e. The van der Waals surface area contributed by atoms with E-state index in [2.05, 4.69) is 5.32 Å². The molecule has 0 heterocycles. The molecule has 106 valence electrons. The van der Waals surface area contributed by atoms with Gasteiger partial charge < -0.3 is 14.8 Å². The van der Waals surface area contributed by atoms with Gasteiger partial charge in [-0.05, 0) is 20.8 Å². The monoisotopic (exact) mass is 268 g/mol. The Morgan fingerprint density at radius 2 is 2.05 bits per heavy atom. The van der Waals surface area contributed by atoms with Gasteiger partial charge in [0.25, 0.3) is 5.69 Å². The van der Waals surface area contributed by atoms with Crippen molar-refractivity contribution in [2.45, 2.75) is 26.4 Å². The third-order valence-corrected chi connectivity index (χ3v) is 2.68. The van der Waals surface area contributed by atoms with Gasteiger partial charge in [-0.3, -0.25) is 10.1 Å². The summed E-state index contributed by atoms with van der Waals surface area (Å²) >= 11 is 0. The van der Waals surface area contributed by atoms with Crippen LogP contribution in [0.3, 0.4) is 0 Å². The summed E-state index contributed by atoms with van der Waals surface area (Å²) in [7, 11) is 1.63. The van der Waals surface area contributed by atoms with Crippen LogP contribution in [-0.4, -0.2) is 30.8 Å². The van der Waals surface area contributed by atoms with Gasteiger partial charge >= 0.3 is 0 Å². The van der Waals surface area contributed by atoms with Crippen LogP contribution in [-0.2, 0) is 4.74 Å². The Morgan fingerprint density at radius 1 is 1.37 bits per heavy atom. The summed E-state index contributed by atoms with van der Waals surface area (Å²) in [5.74, 6) is 0.481. The molecule has 19 heavy (non-hydrogen) atoms. The molecule has 0 saturated heterocycles. The Kier molecular flexibility index (Phi) is 5.11. The van der Waals surface area contributed by atoms with Gasteiger partial charge in [-0.25, -0.2) is 0 Å². The van der Waals surface area contributed by atoms with Gasteiger partial charge in [0, 0.05) is 31.5 Å². The van der Waals surface area contributed by atoms with E-state index in [4.69, 9.17) is 9.47 Å². The van der Waals surface area contributed by atoms with Crippen molar-refractivity contribution in [3.63, 3.8) is 0 Å². The number of hydrogen-bond acceptors (Lipinski definition) is 5. The molecule has 6 heteroatoms. The number of nitro groups is 1. The van der Waals surface area contributed by atoms with E-state index in [0.29, 0.717) is 24.6 Å². The van der Waals surface area contributed by atoms with Crippen LogP contribution in [0, 0.1) is 10.1 Å². The summed E-state index contributed by atoms with van der Waals surface area (Å²) in [6, 6.07) is 4.63. The minimum absolute atomic E-state index is 0.00340. The molecule has 0 fully saturated rings. The van der Waals surface area contributed by atoms with E-state index in [-0.39, 0.29) is 11.3 Å². The molecule has 0 atom stereocenters. The smallest absolute Gasteiger partial charge is 0.275 e. The second-order valence-electron chi connectivity index (χ2n) is 4.72. The molecule has 1 N–H and O–H groups in total. The van der Waals surface area contributed by atoms with Crippen molar-refractivity contribution in [3.8, 4) is 5.75 Å². The predicted octanol–water partition coefficient (Wildman–Crippen LogP) is 2.83. The summed E-state index contributed by atoms with van der Waals surface area (Å²) in [5, 5.41) is 14.0. The van der Waals surface area contributed by atoms with Crippen LogP contribution in [0.5, 0.6) is 5.75 Å². The van der Waals surface area contributed by atoms with Gasteiger partial charge in [0.1, 0.15) is 5.75 Å². The standard InChI is InChI=1S/C13H20N2O4/c1-5-19-12-7-10(6-11(8-12)15(16)17)14-9-13(2,3)18-4/h6-8,14H,5,9H2,1-4H3. The minimum Gasteiger partial charge on any atom is -0.494 e. The maximum absolute atomic E-state index is 10.9. The van der Waals surface area contributed by atoms with Gasteiger partial charge in [-0.1, -0.05) is 0 Å². The molecule has 0 aliphatic rings.